The molecule has 0 saturated heterocycles. The molecular formula is C16H19ClN2O4. The van der Waals surface area contributed by atoms with E-state index in [1.54, 1.807) is 12.1 Å². The number of hydrogen-bond acceptors (Lipinski definition) is 5. The number of nitrogens with one attached hydrogen (secondary N) is 1. The summed E-state index contributed by atoms with van der Waals surface area (Å²) in [5.74, 6) is -0.914. The number of aliphatic hydroxyl groups excluding tert-OH is 1. The van der Waals surface area contributed by atoms with E-state index < -0.39 is 5.97 Å². The zero-order valence-corrected chi connectivity index (χ0v) is 13.8. The molecule has 6 nitrogen and oxygen atoms in total. The van der Waals surface area contributed by atoms with E-state index in [0.717, 1.165) is 12.0 Å². The summed E-state index contributed by atoms with van der Waals surface area (Å²) in [6, 6.07) is 5.36. The highest BCUT2D eigenvalue weighted by atomic mass is 35.5. The van der Waals surface area contributed by atoms with E-state index in [2.05, 4.69) is 5.32 Å². The van der Waals surface area contributed by atoms with Gasteiger partial charge < -0.3 is 20.1 Å². The van der Waals surface area contributed by atoms with Gasteiger partial charge in [-0.25, -0.2) is 4.79 Å². The molecule has 0 aromatic heterocycles. The summed E-state index contributed by atoms with van der Waals surface area (Å²) in [6.07, 6.45) is 0.745. The topological polar surface area (TPSA) is 78.9 Å². The lowest BCUT2D eigenvalue weighted by atomic mass is 10.1. The van der Waals surface area contributed by atoms with Crippen molar-refractivity contribution in [2.45, 2.75) is 13.3 Å². The van der Waals surface area contributed by atoms with Crippen molar-refractivity contribution in [1.29, 1.82) is 0 Å². The van der Waals surface area contributed by atoms with Crippen molar-refractivity contribution in [2.75, 3.05) is 32.1 Å². The Morgan fingerprint density at radius 1 is 1.48 bits per heavy atom. The zero-order valence-electron chi connectivity index (χ0n) is 13.1. The number of ether oxygens (including phenoxy) is 1. The largest absolute Gasteiger partial charge is 0.466 e. The van der Waals surface area contributed by atoms with Gasteiger partial charge >= 0.3 is 5.97 Å². The molecule has 7 heteroatoms. The van der Waals surface area contributed by atoms with Gasteiger partial charge in [0, 0.05) is 17.3 Å². The van der Waals surface area contributed by atoms with Crippen molar-refractivity contribution >= 4 is 29.2 Å². The van der Waals surface area contributed by atoms with Gasteiger partial charge in [-0.05, 0) is 24.1 Å². The van der Waals surface area contributed by atoms with Crippen LogP contribution in [-0.4, -0.2) is 48.7 Å². The van der Waals surface area contributed by atoms with E-state index in [-0.39, 0.29) is 36.9 Å². The highest BCUT2D eigenvalue weighted by Crippen LogP contribution is 2.27. The number of carbonyl (C=O) groups excluding carboxylic acids is 2. The molecular weight excluding hydrogens is 320 g/mol. The molecule has 0 spiro atoms. The van der Waals surface area contributed by atoms with Gasteiger partial charge in [0.25, 0.3) is 5.91 Å². The molecule has 23 heavy (non-hydrogen) atoms. The molecule has 0 radical (unpaired) electrons. The van der Waals surface area contributed by atoms with Gasteiger partial charge in [0.05, 0.1) is 25.8 Å². The van der Waals surface area contributed by atoms with Crippen molar-refractivity contribution in [3.63, 3.8) is 0 Å². The summed E-state index contributed by atoms with van der Waals surface area (Å²) in [5, 5.41) is 12.6. The lowest BCUT2D eigenvalue weighted by molar-refractivity contribution is -0.136. The number of β-amino-alcohol motifs (C(OH)–C–C–N with tert-alkyl or cyclic N) is 1. The smallest absolute Gasteiger partial charge is 0.337 e. The fourth-order valence-corrected chi connectivity index (χ4v) is 2.63. The van der Waals surface area contributed by atoms with Crippen LogP contribution in [0.3, 0.4) is 0 Å². The quantitative estimate of drug-likeness (QED) is 0.770. The number of aryl methyl sites for hydroxylation is 1. The Morgan fingerprint density at radius 2 is 2.22 bits per heavy atom. The minimum absolute atomic E-state index is 0.108. The predicted molar refractivity (Wildman–Crippen MR) is 87.2 cm³/mol. The molecule has 1 aromatic rings. The lowest BCUT2D eigenvalue weighted by Gasteiger charge is -2.16. The molecule has 1 heterocycles. The maximum absolute atomic E-state index is 12.5. The third-order valence-corrected chi connectivity index (χ3v) is 3.90. The highest BCUT2D eigenvalue weighted by Gasteiger charge is 2.34. The summed E-state index contributed by atoms with van der Waals surface area (Å²) >= 11 is 6.02. The zero-order chi connectivity index (χ0) is 17.0. The number of anilines is 1. The number of nitrogens with zero attached hydrogens (tertiary/aromatic N) is 1. The monoisotopic (exact) mass is 338 g/mol. The molecule has 0 fully saturated rings. The maximum Gasteiger partial charge on any atom is 0.337 e. The van der Waals surface area contributed by atoms with Gasteiger partial charge in [-0.1, -0.05) is 24.6 Å². The molecule has 0 unspecified atom stereocenters. The van der Waals surface area contributed by atoms with Crippen LogP contribution < -0.4 is 5.32 Å². The summed E-state index contributed by atoms with van der Waals surface area (Å²) in [4.78, 5) is 25.8. The third-order valence-electron chi connectivity index (χ3n) is 3.67. The summed E-state index contributed by atoms with van der Waals surface area (Å²) < 4.78 is 4.75. The molecule has 1 amide bonds. The fourth-order valence-electron chi connectivity index (χ4n) is 2.46. The lowest BCUT2D eigenvalue weighted by Crippen LogP contribution is -2.31. The maximum atomic E-state index is 12.5. The van der Waals surface area contributed by atoms with Crippen molar-refractivity contribution in [2.24, 2.45) is 0 Å². The molecule has 2 N–H and O–H groups in total. The van der Waals surface area contributed by atoms with E-state index >= 15 is 0 Å². The first-order valence-electron chi connectivity index (χ1n) is 7.28. The Balaban J connectivity index is 2.39. The number of aliphatic hydroxyl groups is 1. The van der Waals surface area contributed by atoms with E-state index in [4.69, 9.17) is 21.4 Å². The van der Waals surface area contributed by atoms with Gasteiger partial charge in [-0.3, -0.25) is 4.79 Å². The van der Waals surface area contributed by atoms with Crippen molar-refractivity contribution in [3.8, 4) is 0 Å². The van der Waals surface area contributed by atoms with E-state index in [1.807, 2.05) is 13.0 Å². The SMILES string of the molecule is CCc1ccc(Cl)cc1NC1=C(C(=O)OC)CN(CCO)C1=O. The van der Waals surface area contributed by atoms with E-state index in [0.29, 0.717) is 10.7 Å². The highest BCUT2D eigenvalue weighted by molar-refractivity contribution is 6.30. The average Bonchev–Trinajstić information content (AvgIpc) is 2.84. The Labute approximate surface area is 139 Å². The van der Waals surface area contributed by atoms with Crippen LogP contribution in [-0.2, 0) is 20.7 Å². The number of benzene rings is 1. The van der Waals surface area contributed by atoms with Crippen LogP contribution in [0.2, 0.25) is 5.02 Å². The van der Waals surface area contributed by atoms with E-state index in [1.165, 1.54) is 12.0 Å². The third kappa shape index (κ3) is 3.65. The van der Waals surface area contributed by atoms with E-state index in [9.17, 15) is 9.59 Å². The Morgan fingerprint density at radius 3 is 2.83 bits per heavy atom. The van der Waals surface area contributed by atoms with Crippen LogP contribution in [0.15, 0.2) is 29.5 Å². The number of esters is 1. The Hall–Kier alpha value is -2.05. The van der Waals surface area contributed by atoms with Gasteiger partial charge in [-0.15, -0.1) is 0 Å². The van der Waals surface area contributed by atoms with Gasteiger partial charge in [0.2, 0.25) is 0 Å². The summed E-state index contributed by atoms with van der Waals surface area (Å²) in [7, 11) is 1.27. The van der Waals surface area contributed by atoms with Crippen LogP contribution in [0.25, 0.3) is 0 Å². The molecule has 0 atom stereocenters. The second kappa shape index (κ2) is 7.48. The number of carbonyl (C=O) groups is 2. The molecule has 0 aliphatic carbocycles. The van der Waals surface area contributed by atoms with Crippen LogP contribution in [0, 0.1) is 0 Å². The number of rotatable bonds is 6. The Kier molecular flexibility index (Phi) is 5.63. The van der Waals surface area contributed by atoms with Crippen LogP contribution >= 0.6 is 11.6 Å². The molecule has 2 rings (SSSR count). The Bertz CT molecular complexity index is 657. The van der Waals surface area contributed by atoms with Gasteiger partial charge in [0.1, 0.15) is 5.70 Å². The van der Waals surface area contributed by atoms with Gasteiger partial charge in [-0.2, -0.15) is 0 Å². The second-order valence-corrected chi connectivity index (χ2v) is 5.51. The first-order valence-corrected chi connectivity index (χ1v) is 7.66. The number of hydrogen-bond donors (Lipinski definition) is 2. The van der Waals surface area contributed by atoms with Crippen LogP contribution in [0.5, 0.6) is 0 Å². The molecule has 0 saturated carbocycles. The summed E-state index contributed by atoms with van der Waals surface area (Å²) in [6.45, 7) is 2.07. The van der Waals surface area contributed by atoms with Gasteiger partial charge in [0.15, 0.2) is 0 Å². The molecule has 1 aliphatic rings. The van der Waals surface area contributed by atoms with Crippen molar-refractivity contribution < 1.29 is 19.4 Å². The minimum atomic E-state index is -0.568. The fraction of sp³-hybridized carbons (Fsp3) is 0.375. The first kappa shape index (κ1) is 17.3. The normalized spacial score (nSPS) is 14.4. The first-order chi connectivity index (χ1) is 11.0. The number of methoxy groups -OCH3 is 1. The molecule has 1 aromatic carbocycles. The predicted octanol–water partition coefficient (Wildman–Crippen LogP) is 1.58. The van der Waals surface area contributed by atoms with Crippen molar-refractivity contribution in [1.82, 2.24) is 4.90 Å². The number of amides is 1. The summed E-state index contributed by atoms with van der Waals surface area (Å²) in [5.41, 5.74) is 2.06. The second-order valence-electron chi connectivity index (χ2n) is 5.08. The van der Waals surface area contributed by atoms with Crippen LogP contribution in [0.4, 0.5) is 5.69 Å². The number of halogens is 1. The molecule has 124 valence electrons. The minimum Gasteiger partial charge on any atom is -0.466 e. The molecule has 0 bridgehead atoms. The molecule has 1 aliphatic heterocycles. The van der Waals surface area contributed by atoms with Crippen LogP contribution in [0.1, 0.15) is 12.5 Å². The average molecular weight is 339 g/mol. The standard InChI is InChI=1S/C16H19ClN2O4/c1-3-10-4-5-11(17)8-13(10)18-14-12(16(22)23-2)9-19(6-7-20)15(14)21/h4-5,8,18,20H,3,6-7,9H2,1-2H3. The van der Waals surface area contributed by atoms with Crippen molar-refractivity contribution in [3.05, 3.63) is 40.1 Å².